The Balaban J connectivity index is 1.40. The monoisotopic (exact) mass is 374 g/mol. The lowest BCUT2D eigenvalue weighted by atomic mass is 9.96. The van der Waals surface area contributed by atoms with Crippen LogP contribution in [0.3, 0.4) is 0 Å². The summed E-state index contributed by atoms with van der Waals surface area (Å²) in [6.45, 7) is 5.81. The van der Waals surface area contributed by atoms with Gasteiger partial charge in [0.25, 0.3) is 0 Å². The number of nitrogens with zero attached hydrogens (tertiary/aromatic N) is 2. The van der Waals surface area contributed by atoms with Gasteiger partial charge >= 0.3 is 5.97 Å². The molecule has 3 rings (SSSR count). The first kappa shape index (κ1) is 18.9. The summed E-state index contributed by atoms with van der Waals surface area (Å²) in [5.74, 6) is 1.49. The molecule has 0 saturated heterocycles. The van der Waals surface area contributed by atoms with Crippen LogP contribution in [0.15, 0.2) is 22.7 Å². The molecule has 1 aromatic heterocycles. The Hall–Kier alpha value is -2.90. The first-order chi connectivity index (χ1) is 12.8. The van der Waals surface area contributed by atoms with Crippen molar-refractivity contribution in [2.45, 2.75) is 45.4 Å². The Morgan fingerprint density at radius 2 is 1.96 bits per heavy atom. The van der Waals surface area contributed by atoms with E-state index in [1.807, 2.05) is 20.8 Å². The van der Waals surface area contributed by atoms with E-state index in [-0.39, 0.29) is 31.0 Å². The number of carbonyl (C=O) groups is 2. The van der Waals surface area contributed by atoms with Gasteiger partial charge in [0.05, 0.1) is 0 Å². The number of carbonyl (C=O) groups excluding carboxylic acids is 2. The minimum absolute atomic E-state index is 0.138. The summed E-state index contributed by atoms with van der Waals surface area (Å²) in [6, 6.07) is 4.86. The first-order valence-electron chi connectivity index (χ1n) is 8.74. The van der Waals surface area contributed by atoms with Crippen LogP contribution in [-0.4, -0.2) is 35.3 Å². The number of ether oxygens (including phenoxy) is 3. The van der Waals surface area contributed by atoms with E-state index in [1.54, 1.807) is 18.2 Å². The first-order valence-corrected chi connectivity index (χ1v) is 8.74. The predicted molar refractivity (Wildman–Crippen MR) is 93.8 cm³/mol. The van der Waals surface area contributed by atoms with E-state index in [0.717, 1.165) is 0 Å². The summed E-state index contributed by atoms with van der Waals surface area (Å²) in [6.07, 6.45) is 1.15. The number of hydrogen-bond donors (Lipinski definition) is 0. The van der Waals surface area contributed by atoms with Gasteiger partial charge in [-0.2, -0.15) is 4.98 Å². The van der Waals surface area contributed by atoms with Crippen LogP contribution in [0.4, 0.5) is 0 Å². The highest BCUT2D eigenvalue weighted by molar-refractivity contribution is 5.98. The number of rotatable bonds is 7. The number of aryl methyl sites for hydroxylation is 1. The van der Waals surface area contributed by atoms with Crippen molar-refractivity contribution < 1.29 is 28.3 Å². The van der Waals surface area contributed by atoms with Gasteiger partial charge in [0.1, 0.15) is 0 Å². The maximum Gasteiger partial charge on any atom is 0.306 e. The molecular formula is C19H22N2O6. The van der Waals surface area contributed by atoms with Crippen molar-refractivity contribution in [1.29, 1.82) is 0 Å². The van der Waals surface area contributed by atoms with Crippen molar-refractivity contribution >= 4 is 11.8 Å². The zero-order valence-corrected chi connectivity index (χ0v) is 15.6. The highest BCUT2D eigenvalue weighted by atomic mass is 16.7. The lowest BCUT2D eigenvalue weighted by molar-refractivity contribution is -0.142. The van der Waals surface area contributed by atoms with Gasteiger partial charge in [-0.15, -0.1) is 0 Å². The average molecular weight is 374 g/mol. The smallest absolute Gasteiger partial charge is 0.306 e. The number of esters is 1. The molecule has 0 saturated carbocycles. The molecule has 1 aliphatic heterocycles. The lowest BCUT2D eigenvalue weighted by Gasteiger charge is -2.10. The van der Waals surface area contributed by atoms with Crippen molar-refractivity contribution in [3.05, 3.63) is 35.5 Å². The standard InChI is InChI=1S/C19H22N2O6/c1-19(2,3)18-20-16(27-21-18)5-4-6-17(23)24-10-13(22)12-7-8-14-15(9-12)26-11-25-14/h7-9H,4-6,10-11H2,1-3H3. The minimum Gasteiger partial charge on any atom is -0.457 e. The van der Waals surface area contributed by atoms with Gasteiger partial charge in [0.2, 0.25) is 12.7 Å². The van der Waals surface area contributed by atoms with E-state index in [1.165, 1.54) is 0 Å². The van der Waals surface area contributed by atoms with E-state index >= 15 is 0 Å². The van der Waals surface area contributed by atoms with Crippen LogP contribution in [0.1, 0.15) is 55.7 Å². The van der Waals surface area contributed by atoms with Crippen LogP contribution in [-0.2, 0) is 21.4 Å². The second-order valence-corrected chi connectivity index (χ2v) is 7.27. The Morgan fingerprint density at radius 3 is 2.70 bits per heavy atom. The van der Waals surface area contributed by atoms with Gasteiger partial charge < -0.3 is 18.7 Å². The second kappa shape index (κ2) is 7.77. The maximum absolute atomic E-state index is 12.1. The zero-order chi connectivity index (χ0) is 19.4. The number of Topliss-reactive ketones (excluding diaryl/α,β-unsaturated/α-hetero) is 1. The quantitative estimate of drug-likeness (QED) is 0.539. The lowest BCUT2D eigenvalue weighted by Crippen LogP contribution is -2.14. The van der Waals surface area contributed by atoms with Crippen LogP contribution in [0, 0.1) is 0 Å². The SMILES string of the molecule is CC(C)(C)c1noc(CCCC(=O)OCC(=O)c2ccc3c(c2)OCO3)n1. The zero-order valence-electron chi connectivity index (χ0n) is 15.6. The molecule has 0 atom stereocenters. The van der Waals surface area contributed by atoms with Crippen molar-refractivity contribution in [2.75, 3.05) is 13.4 Å². The fourth-order valence-electron chi connectivity index (χ4n) is 2.42. The molecule has 2 aromatic rings. The molecule has 0 fully saturated rings. The Labute approximate surface area is 156 Å². The molecule has 0 unspecified atom stereocenters. The third-order valence-corrected chi connectivity index (χ3v) is 3.97. The Kier molecular flexibility index (Phi) is 5.43. The van der Waals surface area contributed by atoms with Crippen LogP contribution in [0.5, 0.6) is 11.5 Å². The predicted octanol–water partition coefficient (Wildman–Crippen LogP) is 2.84. The van der Waals surface area contributed by atoms with Gasteiger partial charge in [-0.1, -0.05) is 25.9 Å². The van der Waals surface area contributed by atoms with E-state index in [2.05, 4.69) is 10.1 Å². The van der Waals surface area contributed by atoms with Gasteiger partial charge in [0.15, 0.2) is 29.7 Å². The second-order valence-electron chi connectivity index (χ2n) is 7.27. The van der Waals surface area contributed by atoms with E-state index in [4.69, 9.17) is 18.7 Å². The molecule has 1 aliphatic rings. The summed E-state index contributed by atoms with van der Waals surface area (Å²) in [7, 11) is 0. The van der Waals surface area contributed by atoms with Gasteiger partial charge in [-0.25, -0.2) is 0 Å². The topological polar surface area (TPSA) is 101 Å². The summed E-state index contributed by atoms with van der Waals surface area (Å²) in [5.41, 5.74) is 0.225. The molecule has 0 bridgehead atoms. The molecule has 8 nitrogen and oxygen atoms in total. The highest BCUT2D eigenvalue weighted by Crippen LogP contribution is 2.32. The molecule has 0 aliphatic carbocycles. The van der Waals surface area contributed by atoms with Crippen molar-refractivity contribution in [2.24, 2.45) is 0 Å². The normalized spacial score (nSPS) is 12.9. The van der Waals surface area contributed by atoms with E-state index in [0.29, 0.717) is 41.6 Å². The number of benzene rings is 1. The molecule has 8 heteroatoms. The molecular weight excluding hydrogens is 352 g/mol. The Morgan fingerprint density at radius 1 is 1.19 bits per heavy atom. The summed E-state index contributed by atoms with van der Waals surface area (Å²) in [5, 5.41) is 3.94. The summed E-state index contributed by atoms with van der Waals surface area (Å²) < 4.78 is 20.7. The molecule has 27 heavy (non-hydrogen) atoms. The maximum atomic E-state index is 12.1. The molecule has 0 amide bonds. The minimum atomic E-state index is -0.445. The van der Waals surface area contributed by atoms with Crippen LogP contribution in [0.25, 0.3) is 0 Å². The fraction of sp³-hybridized carbons (Fsp3) is 0.474. The molecule has 2 heterocycles. The van der Waals surface area contributed by atoms with Crippen LogP contribution in [0.2, 0.25) is 0 Å². The number of ketones is 1. The van der Waals surface area contributed by atoms with Gasteiger partial charge in [0, 0.05) is 23.8 Å². The fourth-order valence-corrected chi connectivity index (χ4v) is 2.42. The molecule has 0 radical (unpaired) electrons. The molecule has 0 N–H and O–H groups in total. The summed E-state index contributed by atoms with van der Waals surface area (Å²) in [4.78, 5) is 28.3. The molecule has 144 valence electrons. The highest BCUT2D eigenvalue weighted by Gasteiger charge is 2.21. The third kappa shape index (κ3) is 4.84. The molecule has 0 spiro atoms. The molecule has 1 aromatic carbocycles. The number of aromatic nitrogens is 2. The van der Waals surface area contributed by atoms with Crippen molar-refractivity contribution in [3.8, 4) is 11.5 Å². The average Bonchev–Trinajstić information content (AvgIpc) is 3.27. The largest absolute Gasteiger partial charge is 0.457 e. The Bertz CT molecular complexity index is 837. The van der Waals surface area contributed by atoms with Crippen molar-refractivity contribution in [3.63, 3.8) is 0 Å². The van der Waals surface area contributed by atoms with Crippen LogP contribution >= 0.6 is 0 Å². The van der Waals surface area contributed by atoms with Gasteiger partial charge in [-0.3, -0.25) is 9.59 Å². The number of fused-ring (bicyclic) bond motifs is 1. The van der Waals surface area contributed by atoms with Crippen LogP contribution < -0.4 is 9.47 Å². The number of hydrogen-bond acceptors (Lipinski definition) is 8. The van der Waals surface area contributed by atoms with E-state index in [9.17, 15) is 9.59 Å². The van der Waals surface area contributed by atoms with E-state index < -0.39 is 5.97 Å². The third-order valence-electron chi connectivity index (χ3n) is 3.97. The summed E-state index contributed by atoms with van der Waals surface area (Å²) >= 11 is 0. The van der Waals surface area contributed by atoms with Gasteiger partial charge in [-0.05, 0) is 24.6 Å². The van der Waals surface area contributed by atoms with Crippen molar-refractivity contribution in [1.82, 2.24) is 10.1 Å².